The van der Waals surface area contributed by atoms with Crippen molar-refractivity contribution in [1.29, 1.82) is 0 Å². The molecule has 0 unspecified atom stereocenters. The highest BCUT2D eigenvalue weighted by Crippen LogP contribution is 2.52. The van der Waals surface area contributed by atoms with Gasteiger partial charge in [0.1, 0.15) is 0 Å². The second kappa shape index (κ2) is 3.47. The molecule has 0 amide bonds. The quantitative estimate of drug-likeness (QED) is 0.775. The summed E-state index contributed by atoms with van der Waals surface area (Å²) in [7, 11) is 0. The molecule has 1 aliphatic rings. The van der Waals surface area contributed by atoms with Crippen LogP contribution in [-0.4, -0.2) is 5.11 Å². The molecule has 0 heterocycles. The van der Waals surface area contributed by atoms with E-state index in [2.05, 4.69) is 27.7 Å². The number of rotatable bonds is 1. The van der Waals surface area contributed by atoms with Gasteiger partial charge < -0.3 is 5.11 Å². The first-order valence-corrected chi connectivity index (χ1v) is 6.20. The summed E-state index contributed by atoms with van der Waals surface area (Å²) in [6.07, 6.45) is 2.07. The zero-order valence-electron chi connectivity index (χ0n) is 11.3. The Labute approximate surface area is 103 Å². The normalized spacial score (nSPS) is 18.2. The van der Waals surface area contributed by atoms with E-state index < -0.39 is 5.82 Å². The molecule has 0 atom stereocenters. The average Bonchev–Trinajstić information content (AvgIpc) is 2.92. The van der Waals surface area contributed by atoms with Crippen LogP contribution in [0.1, 0.15) is 57.2 Å². The second-order valence-corrected chi connectivity index (χ2v) is 6.57. The van der Waals surface area contributed by atoms with Gasteiger partial charge in [-0.1, -0.05) is 33.8 Å². The van der Waals surface area contributed by atoms with Gasteiger partial charge in [0, 0.05) is 5.56 Å². The van der Waals surface area contributed by atoms with Crippen LogP contribution in [0.4, 0.5) is 4.39 Å². The molecule has 0 saturated heterocycles. The topological polar surface area (TPSA) is 20.2 Å². The Bertz CT molecular complexity index is 435. The Hall–Kier alpha value is -1.05. The van der Waals surface area contributed by atoms with Crippen LogP contribution in [0.25, 0.3) is 0 Å². The van der Waals surface area contributed by atoms with Crippen molar-refractivity contribution in [3.05, 3.63) is 28.6 Å². The minimum atomic E-state index is -0.444. The summed E-state index contributed by atoms with van der Waals surface area (Å²) >= 11 is 0. The van der Waals surface area contributed by atoms with E-state index in [1.165, 1.54) is 0 Å². The molecule has 0 aliphatic heterocycles. The molecule has 1 fully saturated rings. The van der Waals surface area contributed by atoms with Gasteiger partial charge in [-0.2, -0.15) is 0 Å². The van der Waals surface area contributed by atoms with Crippen molar-refractivity contribution < 1.29 is 9.50 Å². The standard InChI is InChI=1S/C15H21FO/c1-9-10(14(2,3)4)8-11(13(17)12(9)16)15(5)6-7-15/h8,17H,6-7H2,1-5H3. The van der Waals surface area contributed by atoms with Crippen molar-refractivity contribution in [1.82, 2.24) is 0 Å². The number of halogens is 1. The van der Waals surface area contributed by atoms with Crippen LogP contribution in [-0.2, 0) is 10.8 Å². The number of phenolic OH excluding ortho intramolecular Hbond substituents is 1. The van der Waals surface area contributed by atoms with E-state index >= 15 is 0 Å². The van der Waals surface area contributed by atoms with Crippen LogP contribution in [0, 0.1) is 12.7 Å². The van der Waals surface area contributed by atoms with E-state index in [1.807, 2.05) is 6.07 Å². The lowest BCUT2D eigenvalue weighted by molar-refractivity contribution is 0.414. The summed E-state index contributed by atoms with van der Waals surface area (Å²) in [6.45, 7) is 10.1. The van der Waals surface area contributed by atoms with Crippen molar-refractivity contribution >= 4 is 0 Å². The number of aromatic hydroxyl groups is 1. The first kappa shape index (κ1) is 12.4. The summed E-state index contributed by atoms with van der Waals surface area (Å²) in [5.41, 5.74) is 2.24. The Morgan fingerprint density at radius 1 is 1.29 bits per heavy atom. The highest BCUT2D eigenvalue weighted by Gasteiger charge is 2.42. The maximum absolute atomic E-state index is 14.1. The molecular weight excluding hydrogens is 215 g/mol. The van der Waals surface area contributed by atoms with Crippen molar-refractivity contribution in [2.45, 2.75) is 58.3 Å². The van der Waals surface area contributed by atoms with E-state index in [0.29, 0.717) is 5.56 Å². The van der Waals surface area contributed by atoms with Crippen molar-refractivity contribution in [3.8, 4) is 5.75 Å². The van der Waals surface area contributed by atoms with Crippen LogP contribution in [0.3, 0.4) is 0 Å². The van der Waals surface area contributed by atoms with Crippen LogP contribution in [0.2, 0.25) is 0 Å². The lowest BCUT2D eigenvalue weighted by atomic mass is 9.80. The Kier molecular flexibility index (Phi) is 2.53. The molecule has 1 aliphatic carbocycles. The van der Waals surface area contributed by atoms with Gasteiger partial charge in [-0.3, -0.25) is 0 Å². The molecule has 0 radical (unpaired) electrons. The van der Waals surface area contributed by atoms with E-state index in [1.54, 1.807) is 6.92 Å². The summed E-state index contributed by atoms with van der Waals surface area (Å²) in [4.78, 5) is 0. The highest BCUT2D eigenvalue weighted by atomic mass is 19.1. The predicted molar refractivity (Wildman–Crippen MR) is 68.1 cm³/mol. The molecule has 1 aromatic carbocycles. The summed E-state index contributed by atoms with van der Waals surface area (Å²) < 4.78 is 14.1. The first-order chi connectivity index (χ1) is 7.67. The Morgan fingerprint density at radius 3 is 2.24 bits per heavy atom. The summed E-state index contributed by atoms with van der Waals surface area (Å²) in [6, 6.07) is 2.00. The van der Waals surface area contributed by atoms with Crippen molar-refractivity contribution in [2.24, 2.45) is 0 Å². The molecule has 17 heavy (non-hydrogen) atoms. The predicted octanol–water partition coefficient (Wildman–Crippen LogP) is 4.19. The van der Waals surface area contributed by atoms with E-state index in [0.717, 1.165) is 24.0 Å². The summed E-state index contributed by atoms with van der Waals surface area (Å²) in [5, 5.41) is 9.97. The third kappa shape index (κ3) is 1.94. The molecule has 0 aromatic heterocycles. The van der Waals surface area contributed by atoms with Crippen molar-refractivity contribution in [2.75, 3.05) is 0 Å². The van der Waals surface area contributed by atoms with Gasteiger partial charge in [0.05, 0.1) is 0 Å². The third-order valence-corrected chi connectivity index (χ3v) is 3.94. The number of hydrogen-bond acceptors (Lipinski definition) is 1. The van der Waals surface area contributed by atoms with Crippen LogP contribution < -0.4 is 0 Å². The monoisotopic (exact) mass is 236 g/mol. The molecule has 1 N–H and O–H groups in total. The largest absolute Gasteiger partial charge is 0.505 e. The molecule has 1 aromatic rings. The fraction of sp³-hybridized carbons (Fsp3) is 0.600. The highest BCUT2D eigenvalue weighted by molar-refractivity contribution is 5.50. The fourth-order valence-electron chi connectivity index (χ4n) is 2.43. The molecule has 0 bridgehead atoms. The minimum absolute atomic E-state index is 0.0153. The zero-order valence-corrected chi connectivity index (χ0v) is 11.3. The van der Waals surface area contributed by atoms with Gasteiger partial charge >= 0.3 is 0 Å². The average molecular weight is 236 g/mol. The first-order valence-electron chi connectivity index (χ1n) is 6.20. The number of phenols is 1. The number of hydrogen-bond donors (Lipinski definition) is 1. The zero-order chi connectivity index (χ0) is 13.0. The molecule has 1 saturated carbocycles. The number of benzene rings is 1. The SMILES string of the molecule is Cc1c(C(C)(C)C)cc(C2(C)CC2)c(O)c1F. The molecular formula is C15H21FO. The van der Waals surface area contributed by atoms with Crippen LogP contribution in [0.15, 0.2) is 6.07 Å². The third-order valence-electron chi connectivity index (χ3n) is 3.94. The fourth-order valence-corrected chi connectivity index (χ4v) is 2.43. The van der Waals surface area contributed by atoms with Crippen LogP contribution >= 0.6 is 0 Å². The minimum Gasteiger partial charge on any atom is -0.505 e. The molecule has 94 valence electrons. The van der Waals surface area contributed by atoms with Gasteiger partial charge in [0.25, 0.3) is 0 Å². The van der Waals surface area contributed by atoms with E-state index in [-0.39, 0.29) is 16.6 Å². The van der Waals surface area contributed by atoms with Gasteiger partial charge in [-0.05, 0) is 41.7 Å². The Morgan fingerprint density at radius 2 is 1.82 bits per heavy atom. The van der Waals surface area contributed by atoms with E-state index in [4.69, 9.17) is 0 Å². The van der Waals surface area contributed by atoms with Crippen LogP contribution in [0.5, 0.6) is 5.75 Å². The van der Waals surface area contributed by atoms with E-state index in [9.17, 15) is 9.50 Å². The lowest BCUT2D eigenvalue weighted by Crippen LogP contribution is -2.16. The second-order valence-electron chi connectivity index (χ2n) is 6.57. The molecule has 2 rings (SSSR count). The lowest BCUT2D eigenvalue weighted by Gasteiger charge is -2.25. The van der Waals surface area contributed by atoms with Gasteiger partial charge in [0.15, 0.2) is 11.6 Å². The maximum atomic E-state index is 14.1. The maximum Gasteiger partial charge on any atom is 0.168 e. The van der Waals surface area contributed by atoms with Gasteiger partial charge in [-0.15, -0.1) is 0 Å². The molecule has 0 spiro atoms. The smallest absolute Gasteiger partial charge is 0.168 e. The molecule has 2 heteroatoms. The van der Waals surface area contributed by atoms with Crippen molar-refractivity contribution in [3.63, 3.8) is 0 Å². The molecule has 1 nitrogen and oxygen atoms in total. The Balaban J connectivity index is 2.67. The van der Waals surface area contributed by atoms with Gasteiger partial charge in [0.2, 0.25) is 0 Å². The summed E-state index contributed by atoms with van der Waals surface area (Å²) in [5.74, 6) is -0.587. The van der Waals surface area contributed by atoms with Gasteiger partial charge in [-0.25, -0.2) is 4.39 Å².